The molecular weight excluding hydrogens is 130 g/mol. The van der Waals surface area contributed by atoms with Gasteiger partial charge in [0.1, 0.15) is 4.99 Å². The molecule has 1 nitrogen and oxygen atoms in total. The van der Waals surface area contributed by atoms with Crippen molar-refractivity contribution in [3.8, 4) is 0 Å². The second-order valence-corrected chi connectivity index (χ2v) is 3.53. The Morgan fingerprint density at radius 3 is 2.33 bits per heavy atom. The van der Waals surface area contributed by atoms with Crippen molar-refractivity contribution >= 4 is 17.2 Å². The summed E-state index contributed by atoms with van der Waals surface area (Å²) in [6, 6.07) is 0. The molecule has 2 heteroatoms. The minimum Gasteiger partial charge on any atom is -0.371 e. The Morgan fingerprint density at radius 1 is 1.67 bits per heavy atom. The van der Waals surface area contributed by atoms with Gasteiger partial charge in [0.25, 0.3) is 0 Å². The highest BCUT2D eigenvalue weighted by atomic mass is 32.1. The van der Waals surface area contributed by atoms with Gasteiger partial charge in [0, 0.05) is 5.54 Å². The molecule has 1 aliphatic rings. The SMILES string of the molecule is C=C1CC(C)(C)NC1=S. The van der Waals surface area contributed by atoms with Crippen LogP contribution in [0.25, 0.3) is 0 Å². The first-order valence-electron chi connectivity index (χ1n) is 3.01. The van der Waals surface area contributed by atoms with E-state index in [0.29, 0.717) is 0 Å². The van der Waals surface area contributed by atoms with Crippen LogP contribution in [-0.2, 0) is 0 Å². The maximum Gasteiger partial charge on any atom is 0.102 e. The normalized spacial score (nSPS) is 24.2. The van der Waals surface area contributed by atoms with Gasteiger partial charge in [-0.15, -0.1) is 0 Å². The van der Waals surface area contributed by atoms with Crippen LogP contribution in [0.1, 0.15) is 20.3 Å². The molecule has 9 heavy (non-hydrogen) atoms. The molecule has 0 aliphatic carbocycles. The third-order valence-electron chi connectivity index (χ3n) is 1.43. The van der Waals surface area contributed by atoms with Crippen LogP contribution in [-0.4, -0.2) is 10.5 Å². The van der Waals surface area contributed by atoms with Crippen LogP contribution in [0, 0.1) is 0 Å². The molecule has 0 aromatic rings. The summed E-state index contributed by atoms with van der Waals surface area (Å²) < 4.78 is 0. The van der Waals surface area contributed by atoms with E-state index in [0.717, 1.165) is 17.0 Å². The topological polar surface area (TPSA) is 12.0 Å². The van der Waals surface area contributed by atoms with Crippen molar-refractivity contribution in [2.75, 3.05) is 0 Å². The van der Waals surface area contributed by atoms with Gasteiger partial charge in [-0.05, 0) is 25.8 Å². The monoisotopic (exact) mass is 141 g/mol. The maximum atomic E-state index is 4.98. The van der Waals surface area contributed by atoms with Crippen molar-refractivity contribution in [2.45, 2.75) is 25.8 Å². The zero-order chi connectivity index (χ0) is 7.07. The quantitative estimate of drug-likeness (QED) is 0.406. The summed E-state index contributed by atoms with van der Waals surface area (Å²) >= 11 is 4.98. The van der Waals surface area contributed by atoms with Gasteiger partial charge in [0.2, 0.25) is 0 Å². The zero-order valence-electron chi connectivity index (χ0n) is 5.82. The van der Waals surface area contributed by atoms with E-state index in [4.69, 9.17) is 12.2 Å². The molecule has 1 N–H and O–H groups in total. The highest BCUT2D eigenvalue weighted by Crippen LogP contribution is 2.22. The van der Waals surface area contributed by atoms with Crippen molar-refractivity contribution in [3.63, 3.8) is 0 Å². The average molecular weight is 141 g/mol. The minimum atomic E-state index is 0.147. The molecule has 1 heterocycles. The fraction of sp³-hybridized carbons (Fsp3) is 0.571. The van der Waals surface area contributed by atoms with Gasteiger partial charge in [-0.25, -0.2) is 0 Å². The molecule has 0 amide bonds. The van der Waals surface area contributed by atoms with Gasteiger partial charge in [-0.1, -0.05) is 18.8 Å². The van der Waals surface area contributed by atoms with Gasteiger partial charge >= 0.3 is 0 Å². The minimum absolute atomic E-state index is 0.147. The smallest absolute Gasteiger partial charge is 0.102 e. The number of nitrogens with one attached hydrogen (secondary N) is 1. The Labute approximate surface area is 61.1 Å². The predicted octanol–water partition coefficient (Wildman–Crippen LogP) is 1.64. The first kappa shape index (κ1) is 6.75. The number of rotatable bonds is 0. The maximum absolute atomic E-state index is 4.98. The van der Waals surface area contributed by atoms with Crippen LogP contribution >= 0.6 is 12.2 Å². The molecule has 0 unspecified atom stereocenters. The van der Waals surface area contributed by atoms with Crippen molar-refractivity contribution in [2.24, 2.45) is 0 Å². The molecule has 0 bridgehead atoms. The summed E-state index contributed by atoms with van der Waals surface area (Å²) in [6.45, 7) is 8.07. The third kappa shape index (κ3) is 1.30. The van der Waals surface area contributed by atoms with E-state index < -0.39 is 0 Å². The first-order chi connectivity index (χ1) is 4.01. The lowest BCUT2D eigenvalue weighted by atomic mass is 10.0. The molecule has 1 saturated heterocycles. The molecule has 1 rings (SSSR count). The van der Waals surface area contributed by atoms with Gasteiger partial charge < -0.3 is 5.32 Å². The van der Waals surface area contributed by atoms with Gasteiger partial charge in [-0.2, -0.15) is 0 Å². The van der Waals surface area contributed by atoms with Crippen LogP contribution in [0.5, 0.6) is 0 Å². The van der Waals surface area contributed by atoms with Crippen LogP contribution in [0.15, 0.2) is 12.2 Å². The molecule has 50 valence electrons. The highest BCUT2D eigenvalue weighted by molar-refractivity contribution is 7.80. The van der Waals surface area contributed by atoms with Crippen molar-refractivity contribution < 1.29 is 0 Å². The molecular formula is C7H11NS. The zero-order valence-corrected chi connectivity index (χ0v) is 6.64. The number of hydrogen-bond acceptors (Lipinski definition) is 1. The van der Waals surface area contributed by atoms with Crippen LogP contribution < -0.4 is 5.32 Å². The Bertz CT molecular complexity index is 152. The van der Waals surface area contributed by atoms with Crippen LogP contribution in [0.3, 0.4) is 0 Å². The molecule has 0 aromatic heterocycles. The van der Waals surface area contributed by atoms with Crippen molar-refractivity contribution in [1.29, 1.82) is 0 Å². The summed E-state index contributed by atoms with van der Waals surface area (Å²) in [4.78, 5) is 0.833. The van der Waals surface area contributed by atoms with E-state index in [1.807, 2.05) is 0 Å². The molecule has 0 spiro atoms. The Hall–Kier alpha value is -0.370. The summed E-state index contributed by atoms with van der Waals surface area (Å²) in [5.74, 6) is 0. The lowest BCUT2D eigenvalue weighted by Crippen LogP contribution is -2.33. The first-order valence-corrected chi connectivity index (χ1v) is 3.42. The fourth-order valence-electron chi connectivity index (χ4n) is 1.05. The summed E-state index contributed by atoms with van der Waals surface area (Å²) in [7, 11) is 0. The molecule has 0 saturated carbocycles. The van der Waals surface area contributed by atoms with Crippen molar-refractivity contribution in [1.82, 2.24) is 5.32 Å². The van der Waals surface area contributed by atoms with E-state index in [1.165, 1.54) is 0 Å². The van der Waals surface area contributed by atoms with Gasteiger partial charge in [-0.3, -0.25) is 0 Å². The standard InChI is InChI=1S/C7H11NS/c1-5-4-7(2,3)8-6(5)9/h1,4H2,2-3H3,(H,8,9). The number of thiocarbonyl (C=S) groups is 1. The predicted molar refractivity (Wildman–Crippen MR) is 43.6 cm³/mol. The summed E-state index contributed by atoms with van der Waals surface area (Å²) in [5.41, 5.74) is 1.21. The van der Waals surface area contributed by atoms with E-state index in [2.05, 4.69) is 25.7 Å². The molecule has 1 fully saturated rings. The van der Waals surface area contributed by atoms with Gasteiger partial charge in [0.15, 0.2) is 0 Å². The number of hydrogen-bond donors (Lipinski definition) is 1. The Kier molecular flexibility index (Phi) is 1.35. The second kappa shape index (κ2) is 1.81. The third-order valence-corrected chi connectivity index (χ3v) is 1.82. The van der Waals surface area contributed by atoms with Gasteiger partial charge in [0.05, 0.1) is 0 Å². The van der Waals surface area contributed by atoms with Crippen LogP contribution in [0.4, 0.5) is 0 Å². The molecule has 0 radical (unpaired) electrons. The van der Waals surface area contributed by atoms with E-state index in [1.54, 1.807) is 0 Å². The Balaban J connectivity index is 2.76. The lowest BCUT2D eigenvalue weighted by Gasteiger charge is -2.16. The van der Waals surface area contributed by atoms with Crippen molar-refractivity contribution in [3.05, 3.63) is 12.2 Å². The summed E-state index contributed by atoms with van der Waals surface area (Å²) in [6.07, 6.45) is 0.978. The second-order valence-electron chi connectivity index (χ2n) is 3.12. The highest BCUT2D eigenvalue weighted by Gasteiger charge is 2.28. The van der Waals surface area contributed by atoms with Crippen LogP contribution in [0.2, 0.25) is 0 Å². The molecule has 0 aromatic carbocycles. The van der Waals surface area contributed by atoms with E-state index in [9.17, 15) is 0 Å². The van der Waals surface area contributed by atoms with E-state index in [-0.39, 0.29) is 5.54 Å². The van der Waals surface area contributed by atoms with E-state index >= 15 is 0 Å². The molecule has 1 aliphatic heterocycles. The largest absolute Gasteiger partial charge is 0.371 e. The molecule has 0 atom stereocenters. The average Bonchev–Trinajstić information content (AvgIpc) is 1.79. The lowest BCUT2D eigenvalue weighted by molar-refractivity contribution is 0.495. The summed E-state index contributed by atoms with van der Waals surface area (Å²) in [5, 5.41) is 3.17. The fourth-order valence-corrected chi connectivity index (χ4v) is 1.40. The Morgan fingerprint density at radius 2 is 2.22 bits per heavy atom.